The molecule has 1 fully saturated rings. The average Bonchev–Trinajstić information content (AvgIpc) is 2.38. The number of nitrogens with zero attached hydrogens (tertiary/aromatic N) is 1. The van der Waals surface area contributed by atoms with Gasteiger partial charge in [0.1, 0.15) is 0 Å². The Balaban J connectivity index is 1.73. The molecule has 3 heteroatoms. The largest absolute Gasteiger partial charge is 0.373 e. The van der Waals surface area contributed by atoms with E-state index in [1.807, 2.05) is 30.3 Å². The number of carbonyl (C=O) groups excluding carboxylic acids is 1. The molecule has 2 unspecified atom stereocenters. The molecule has 3 nitrogen and oxygen atoms in total. The fourth-order valence-corrected chi connectivity index (χ4v) is 2.70. The van der Waals surface area contributed by atoms with Crippen LogP contribution in [-0.4, -0.2) is 42.5 Å². The molecule has 0 aliphatic carbocycles. The van der Waals surface area contributed by atoms with Gasteiger partial charge in [-0.2, -0.15) is 0 Å². The molecule has 1 aromatic rings. The minimum Gasteiger partial charge on any atom is -0.373 e. The molecule has 1 saturated heterocycles. The van der Waals surface area contributed by atoms with Gasteiger partial charge in [0.05, 0.1) is 12.2 Å². The monoisotopic (exact) mass is 261 g/mol. The quantitative estimate of drug-likeness (QED) is 0.763. The van der Waals surface area contributed by atoms with Crippen molar-refractivity contribution in [1.29, 1.82) is 0 Å². The molecular weight excluding hydrogens is 238 g/mol. The van der Waals surface area contributed by atoms with Gasteiger partial charge >= 0.3 is 0 Å². The smallest absolute Gasteiger partial charge is 0.162 e. The second kappa shape index (κ2) is 6.83. The van der Waals surface area contributed by atoms with E-state index in [0.717, 1.165) is 31.6 Å². The van der Waals surface area contributed by atoms with Crippen LogP contribution in [0.3, 0.4) is 0 Å². The molecule has 0 N–H and O–H groups in total. The predicted octanol–water partition coefficient (Wildman–Crippen LogP) is 2.76. The number of morpholine rings is 1. The van der Waals surface area contributed by atoms with Crippen molar-refractivity contribution in [2.75, 3.05) is 19.6 Å². The maximum absolute atomic E-state index is 12.0. The van der Waals surface area contributed by atoms with Crippen molar-refractivity contribution >= 4 is 5.78 Å². The van der Waals surface area contributed by atoms with Gasteiger partial charge in [-0.25, -0.2) is 0 Å². The first-order valence-corrected chi connectivity index (χ1v) is 7.11. The summed E-state index contributed by atoms with van der Waals surface area (Å²) in [6, 6.07) is 9.55. The standard InChI is InChI=1S/C16H23NO2/c1-13-11-17(12-14(2)19-13)10-6-9-16(18)15-7-4-3-5-8-15/h3-5,7-8,13-14H,6,9-12H2,1-2H3. The number of carbonyl (C=O) groups is 1. The Hall–Kier alpha value is -1.19. The van der Waals surface area contributed by atoms with Crippen LogP contribution in [0.5, 0.6) is 0 Å². The Bertz CT molecular complexity index is 394. The predicted molar refractivity (Wildman–Crippen MR) is 76.5 cm³/mol. The minimum atomic E-state index is 0.245. The lowest BCUT2D eigenvalue weighted by Gasteiger charge is -2.35. The average molecular weight is 261 g/mol. The third kappa shape index (κ3) is 4.44. The second-order valence-electron chi connectivity index (χ2n) is 5.41. The van der Waals surface area contributed by atoms with Crippen LogP contribution >= 0.6 is 0 Å². The number of ether oxygens (including phenoxy) is 1. The zero-order valence-electron chi connectivity index (χ0n) is 11.8. The molecule has 2 rings (SSSR count). The summed E-state index contributed by atoms with van der Waals surface area (Å²) in [6.45, 7) is 7.15. The van der Waals surface area contributed by atoms with Gasteiger partial charge in [0.2, 0.25) is 0 Å². The first-order valence-electron chi connectivity index (χ1n) is 7.11. The Labute approximate surface area is 115 Å². The van der Waals surface area contributed by atoms with Crippen LogP contribution in [0, 0.1) is 0 Å². The zero-order chi connectivity index (χ0) is 13.7. The normalized spacial score (nSPS) is 24.3. The zero-order valence-corrected chi connectivity index (χ0v) is 11.8. The molecule has 1 aliphatic heterocycles. The van der Waals surface area contributed by atoms with E-state index in [0.29, 0.717) is 18.6 Å². The summed E-state index contributed by atoms with van der Waals surface area (Å²) in [5, 5.41) is 0. The van der Waals surface area contributed by atoms with Crippen molar-refractivity contribution in [3.05, 3.63) is 35.9 Å². The molecule has 0 saturated carbocycles. The molecule has 1 aromatic carbocycles. The highest BCUT2D eigenvalue weighted by Crippen LogP contribution is 2.12. The van der Waals surface area contributed by atoms with Gasteiger partial charge in [-0.3, -0.25) is 9.69 Å². The number of Topliss-reactive ketones (excluding diaryl/α,β-unsaturated/α-hetero) is 1. The molecule has 0 amide bonds. The van der Waals surface area contributed by atoms with Crippen molar-refractivity contribution in [2.24, 2.45) is 0 Å². The molecule has 2 atom stereocenters. The highest BCUT2D eigenvalue weighted by Gasteiger charge is 2.21. The third-order valence-electron chi connectivity index (χ3n) is 3.47. The van der Waals surface area contributed by atoms with Crippen molar-refractivity contribution in [3.63, 3.8) is 0 Å². The second-order valence-corrected chi connectivity index (χ2v) is 5.41. The number of hydrogen-bond donors (Lipinski definition) is 0. The van der Waals surface area contributed by atoms with Gasteiger partial charge in [0.25, 0.3) is 0 Å². The Kier molecular flexibility index (Phi) is 5.11. The van der Waals surface area contributed by atoms with Crippen LogP contribution in [0.1, 0.15) is 37.0 Å². The number of benzene rings is 1. The summed E-state index contributed by atoms with van der Waals surface area (Å²) in [6.07, 6.45) is 2.15. The van der Waals surface area contributed by atoms with E-state index in [1.54, 1.807) is 0 Å². The summed E-state index contributed by atoms with van der Waals surface area (Å²) in [4.78, 5) is 14.4. The van der Waals surface area contributed by atoms with Gasteiger partial charge < -0.3 is 4.74 Å². The number of rotatable bonds is 5. The van der Waals surface area contributed by atoms with Gasteiger partial charge in [-0.15, -0.1) is 0 Å². The van der Waals surface area contributed by atoms with Gasteiger partial charge in [0.15, 0.2) is 5.78 Å². The Morgan fingerprint density at radius 3 is 2.47 bits per heavy atom. The van der Waals surface area contributed by atoms with Crippen LogP contribution < -0.4 is 0 Å². The summed E-state index contributed by atoms with van der Waals surface area (Å²) in [5.74, 6) is 0.245. The molecular formula is C16H23NO2. The van der Waals surface area contributed by atoms with E-state index in [2.05, 4.69) is 18.7 Å². The lowest BCUT2D eigenvalue weighted by atomic mass is 10.1. The van der Waals surface area contributed by atoms with Crippen molar-refractivity contribution in [1.82, 2.24) is 4.90 Å². The first-order chi connectivity index (χ1) is 9.15. The van der Waals surface area contributed by atoms with E-state index in [9.17, 15) is 4.79 Å². The van der Waals surface area contributed by atoms with E-state index in [4.69, 9.17) is 4.74 Å². The highest BCUT2D eigenvalue weighted by atomic mass is 16.5. The Morgan fingerprint density at radius 1 is 1.21 bits per heavy atom. The fraction of sp³-hybridized carbons (Fsp3) is 0.562. The topological polar surface area (TPSA) is 29.5 Å². The first kappa shape index (κ1) is 14.2. The van der Waals surface area contributed by atoms with E-state index >= 15 is 0 Å². The van der Waals surface area contributed by atoms with Gasteiger partial charge in [-0.05, 0) is 26.8 Å². The minimum absolute atomic E-state index is 0.245. The molecule has 104 valence electrons. The van der Waals surface area contributed by atoms with E-state index < -0.39 is 0 Å². The van der Waals surface area contributed by atoms with Crippen LogP contribution in [-0.2, 0) is 4.74 Å². The molecule has 0 aromatic heterocycles. The number of hydrogen-bond acceptors (Lipinski definition) is 3. The van der Waals surface area contributed by atoms with E-state index in [-0.39, 0.29) is 5.78 Å². The number of ketones is 1. The fourth-order valence-electron chi connectivity index (χ4n) is 2.70. The summed E-state index contributed by atoms with van der Waals surface area (Å²) in [5.41, 5.74) is 0.825. The molecule has 0 bridgehead atoms. The molecule has 0 radical (unpaired) electrons. The molecule has 1 aliphatic rings. The SMILES string of the molecule is CC1CN(CCCC(=O)c2ccccc2)CC(C)O1. The van der Waals surface area contributed by atoms with Crippen LogP contribution in [0.15, 0.2) is 30.3 Å². The van der Waals surface area contributed by atoms with Crippen LogP contribution in [0.25, 0.3) is 0 Å². The Morgan fingerprint density at radius 2 is 1.84 bits per heavy atom. The summed E-state index contributed by atoms with van der Waals surface area (Å²) in [7, 11) is 0. The van der Waals surface area contributed by atoms with Crippen molar-refractivity contribution < 1.29 is 9.53 Å². The van der Waals surface area contributed by atoms with Crippen molar-refractivity contribution in [3.8, 4) is 0 Å². The van der Waals surface area contributed by atoms with Crippen molar-refractivity contribution in [2.45, 2.75) is 38.9 Å². The van der Waals surface area contributed by atoms with Gasteiger partial charge in [-0.1, -0.05) is 30.3 Å². The highest BCUT2D eigenvalue weighted by molar-refractivity contribution is 5.95. The lowest BCUT2D eigenvalue weighted by Crippen LogP contribution is -2.45. The van der Waals surface area contributed by atoms with Crippen LogP contribution in [0.2, 0.25) is 0 Å². The molecule has 1 heterocycles. The molecule has 0 spiro atoms. The summed E-state index contributed by atoms with van der Waals surface area (Å²) < 4.78 is 5.70. The lowest BCUT2D eigenvalue weighted by molar-refractivity contribution is -0.0680. The maximum Gasteiger partial charge on any atom is 0.162 e. The molecule has 19 heavy (non-hydrogen) atoms. The van der Waals surface area contributed by atoms with Gasteiger partial charge in [0, 0.05) is 25.1 Å². The summed E-state index contributed by atoms with van der Waals surface area (Å²) >= 11 is 0. The van der Waals surface area contributed by atoms with Crippen LogP contribution in [0.4, 0.5) is 0 Å². The third-order valence-corrected chi connectivity index (χ3v) is 3.47. The maximum atomic E-state index is 12.0. The van der Waals surface area contributed by atoms with E-state index in [1.165, 1.54) is 0 Å².